The molecular weight excluding hydrogens is 440 g/mol. The van der Waals surface area contributed by atoms with Gasteiger partial charge in [0.1, 0.15) is 5.75 Å². The Morgan fingerprint density at radius 1 is 1.06 bits per heavy atom. The molecule has 7 heteroatoms. The van der Waals surface area contributed by atoms with Crippen molar-refractivity contribution in [1.82, 2.24) is 15.2 Å². The summed E-state index contributed by atoms with van der Waals surface area (Å²) in [7, 11) is 3.41. The average molecular weight is 473 g/mol. The van der Waals surface area contributed by atoms with Crippen LogP contribution < -0.4 is 10.1 Å². The largest absolute Gasteiger partial charge is 0.497 e. The third-order valence-corrected chi connectivity index (χ3v) is 6.14. The van der Waals surface area contributed by atoms with Gasteiger partial charge in [0.15, 0.2) is 0 Å². The maximum Gasteiger partial charge on any atom is 0.257 e. The number of ether oxygens (including phenoxy) is 1. The molecule has 0 saturated heterocycles. The number of likely N-dealkylation sites (N-methyl/N-ethyl adjacent to an activating group) is 1. The fraction of sp³-hybridized carbons (Fsp3) is 0.321. The Morgan fingerprint density at radius 2 is 1.80 bits per heavy atom. The molecule has 1 atom stereocenters. The predicted octanol–water partition coefficient (Wildman–Crippen LogP) is 3.98. The molecule has 3 aromatic rings. The zero-order chi connectivity index (χ0) is 24.8. The molecule has 1 N–H and O–H groups in total. The second-order valence-corrected chi connectivity index (χ2v) is 8.86. The SMILES string of the molecule is CCCNC(=O)CN(C)CC(=O)N1N=C(c2ccc3ccccc3c2)CC1c1ccc(OC)cc1. The molecule has 35 heavy (non-hydrogen) atoms. The van der Waals surface area contributed by atoms with E-state index in [4.69, 9.17) is 9.84 Å². The average Bonchev–Trinajstić information content (AvgIpc) is 3.33. The maximum atomic E-state index is 13.4. The minimum Gasteiger partial charge on any atom is -0.497 e. The zero-order valence-electron chi connectivity index (χ0n) is 20.5. The lowest BCUT2D eigenvalue weighted by atomic mass is 9.97. The predicted molar refractivity (Wildman–Crippen MR) is 138 cm³/mol. The van der Waals surface area contributed by atoms with Gasteiger partial charge in [-0.15, -0.1) is 0 Å². The van der Waals surface area contributed by atoms with E-state index in [0.29, 0.717) is 13.0 Å². The van der Waals surface area contributed by atoms with Crippen molar-refractivity contribution >= 4 is 28.3 Å². The first-order valence-electron chi connectivity index (χ1n) is 12.0. The summed E-state index contributed by atoms with van der Waals surface area (Å²) in [6, 6.07) is 22.0. The topological polar surface area (TPSA) is 74.2 Å². The number of benzene rings is 3. The number of nitrogens with one attached hydrogen (secondary N) is 1. The van der Waals surface area contributed by atoms with Crippen LogP contribution in [0, 0.1) is 0 Å². The van der Waals surface area contributed by atoms with Crippen LogP contribution in [-0.2, 0) is 9.59 Å². The molecule has 0 radical (unpaired) electrons. The van der Waals surface area contributed by atoms with E-state index >= 15 is 0 Å². The molecule has 1 heterocycles. The summed E-state index contributed by atoms with van der Waals surface area (Å²) in [4.78, 5) is 27.2. The molecule has 0 fully saturated rings. The van der Waals surface area contributed by atoms with Gasteiger partial charge < -0.3 is 10.1 Å². The lowest BCUT2D eigenvalue weighted by Crippen LogP contribution is -2.41. The van der Waals surface area contributed by atoms with Gasteiger partial charge in [0.2, 0.25) is 5.91 Å². The Morgan fingerprint density at radius 3 is 2.51 bits per heavy atom. The van der Waals surface area contributed by atoms with Gasteiger partial charge in [-0.1, -0.05) is 55.5 Å². The molecule has 4 rings (SSSR count). The summed E-state index contributed by atoms with van der Waals surface area (Å²) in [6.07, 6.45) is 1.48. The van der Waals surface area contributed by atoms with Gasteiger partial charge in [0, 0.05) is 13.0 Å². The van der Waals surface area contributed by atoms with E-state index in [0.717, 1.165) is 39.8 Å². The molecule has 0 saturated carbocycles. The maximum absolute atomic E-state index is 13.4. The quantitative estimate of drug-likeness (QED) is 0.511. The molecule has 0 bridgehead atoms. The van der Waals surface area contributed by atoms with Crippen molar-refractivity contribution in [3.05, 3.63) is 77.9 Å². The van der Waals surface area contributed by atoms with Crippen LogP contribution >= 0.6 is 0 Å². The summed E-state index contributed by atoms with van der Waals surface area (Å²) in [5, 5.41) is 11.5. The smallest absolute Gasteiger partial charge is 0.257 e. The van der Waals surface area contributed by atoms with Crippen molar-refractivity contribution in [2.45, 2.75) is 25.8 Å². The number of carbonyl (C=O) groups is 2. The number of carbonyl (C=O) groups excluding carboxylic acids is 2. The highest BCUT2D eigenvalue weighted by Crippen LogP contribution is 2.34. The third kappa shape index (κ3) is 5.87. The lowest BCUT2D eigenvalue weighted by Gasteiger charge is -2.24. The van der Waals surface area contributed by atoms with E-state index in [1.54, 1.807) is 24.1 Å². The van der Waals surface area contributed by atoms with Crippen LogP contribution in [0.15, 0.2) is 71.8 Å². The Labute approximate surface area is 206 Å². The number of nitrogens with zero attached hydrogens (tertiary/aromatic N) is 3. The molecule has 1 aliphatic rings. The Kier molecular flexibility index (Phi) is 7.77. The number of hydrazone groups is 1. The van der Waals surface area contributed by atoms with Crippen LogP contribution in [0.1, 0.15) is 36.9 Å². The van der Waals surface area contributed by atoms with Crippen LogP contribution in [0.2, 0.25) is 0 Å². The van der Waals surface area contributed by atoms with Gasteiger partial charge in [0.25, 0.3) is 5.91 Å². The Balaban J connectivity index is 1.57. The molecule has 0 aliphatic carbocycles. The van der Waals surface area contributed by atoms with E-state index in [-0.39, 0.29) is 30.9 Å². The zero-order valence-corrected chi connectivity index (χ0v) is 20.5. The van der Waals surface area contributed by atoms with Crippen molar-refractivity contribution in [1.29, 1.82) is 0 Å². The second-order valence-electron chi connectivity index (χ2n) is 8.86. The normalized spacial score (nSPS) is 15.4. The highest BCUT2D eigenvalue weighted by Gasteiger charge is 2.33. The Hall–Kier alpha value is -3.71. The summed E-state index contributed by atoms with van der Waals surface area (Å²) in [6.45, 7) is 2.89. The fourth-order valence-corrected chi connectivity index (χ4v) is 4.29. The summed E-state index contributed by atoms with van der Waals surface area (Å²) >= 11 is 0. The minimum atomic E-state index is -0.225. The van der Waals surface area contributed by atoms with Crippen LogP contribution in [0.5, 0.6) is 5.75 Å². The number of fused-ring (bicyclic) bond motifs is 1. The molecule has 0 spiro atoms. The highest BCUT2D eigenvalue weighted by molar-refractivity contribution is 6.05. The van der Waals surface area contributed by atoms with Crippen molar-refractivity contribution in [3.8, 4) is 5.75 Å². The first-order chi connectivity index (χ1) is 17.0. The Bertz CT molecular complexity index is 1220. The van der Waals surface area contributed by atoms with Crippen LogP contribution in [0.25, 0.3) is 10.8 Å². The van der Waals surface area contributed by atoms with Crippen LogP contribution in [0.4, 0.5) is 0 Å². The van der Waals surface area contributed by atoms with E-state index in [1.165, 1.54) is 0 Å². The van der Waals surface area contributed by atoms with Crippen molar-refractivity contribution in [3.63, 3.8) is 0 Å². The van der Waals surface area contributed by atoms with E-state index in [9.17, 15) is 9.59 Å². The van der Waals surface area contributed by atoms with E-state index < -0.39 is 0 Å². The number of methoxy groups -OCH3 is 1. The first-order valence-corrected chi connectivity index (χ1v) is 12.0. The summed E-state index contributed by atoms with van der Waals surface area (Å²) in [5.41, 5.74) is 2.86. The fourth-order valence-electron chi connectivity index (χ4n) is 4.29. The molecule has 7 nitrogen and oxygen atoms in total. The standard InChI is InChI=1S/C28H32N4O3/c1-4-15-29-27(33)18-31(2)19-28(34)32-26(21-11-13-24(35-3)14-12-21)17-25(30-32)23-10-9-20-7-5-6-8-22(20)16-23/h5-14,16,26H,4,15,17-19H2,1-3H3,(H,29,33). The number of amides is 2. The number of hydrogen-bond acceptors (Lipinski definition) is 5. The number of rotatable bonds is 9. The molecule has 1 aliphatic heterocycles. The third-order valence-electron chi connectivity index (χ3n) is 6.14. The second kappa shape index (κ2) is 11.1. The number of hydrogen-bond donors (Lipinski definition) is 1. The van der Waals surface area contributed by atoms with Crippen LogP contribution in [-0.4, -0.2) is 61.2 Å². The molecule has 3 aromatic carbocycles. The first kappa shape index (κ1) is 24.4. The molecule has 182 valence electrons. The van der Waals surface area contributed by atoms with Gasteiger partial charge in [-0.3, -0.25) is 14.5 Å². The van der Waals surface area contributed by atoms with Crippen molar-refractivity contribution in [2.24, 2.45) is 5.10 Å². The molecule has 2 amide bonds. The van der Waals surface area contributed by atoms with E-state index in [2.05, 4.69) is 35.6 Å². The van der Waals surface area contributed by atoms with E-state index in [1.807, 2.05) is 43.3 Å². The van der Waals surface area contributed by atoms with Gasteiger partial charge in [-0.25, -0.2) is 5.01 Å². The van der Waals surface area contributed by atoms with Crippen LogP contribution in [0.3, 0.4) is 0 Å². The summed E-state index contributed by atoms with van der Waals surface area (Å²) < 4.78 is 5.30. The van der Waals surface area contributed by atoms with Gasteiger partial charge >= 0.3 is 0 Å². The monoisotopic (exact) mass is 472 g/mol. The van der Waals surface area contributed by atoms with Gasteiger partial charge in [-0.2, -0.15) is 5.10 Å². The molecular formula is C28H32N4O3. The minimum absolute atomic E-state index is 0.0874. The summed E-state index contributed by atoms with van der Waals surface area (Å²) in [5.74, 6) is 0.529. The highest BCUT2D eigenvalue weighted by atomic mass is 16.5. The van der Waals surface area contributed by atoms with Crippen molar-refractivity contribution in [2.75, 3.05) is 33.8 Å². The van der Waals surface area contributed by atoms with Crippen molar-refractivity contribution < 1.29 is 14.3 Å². The van der Waals surface area contributed by atoms with Gasteiger partial charge in [-0.05, 0) is 53.6 Å². The molecule has 0 aromatic heterocycles. The molecule has 1 unspecified atom stereocenters. The lowest BCUT2D eigenvalue weighted by molar-refractivity contribution is -0.134. The van der Waals surface area contributed by atoms with Gasteiger partial charge in [0.05, 0.1) is 32.0 Å².